The smallest absolute Gasteiger partial charge is 0.145 e. The third-order valence-corrected chi connectivity index (χ3v) is 16.3. The van der Waals surface area contributed by atoms with Gasteiger partial charge in [0.25, 0.3) is 0 Å². The minimum absolute atomic E-state index is 0.464. The van der Waals surface area contributed by atoms with Gasteiger partial charge in [0.1, 0.15) is 13.9 Å². The molecule has 2 aromatic heterocycles. The second kappa shape index (κ2) is 11.4. The van der Waals surface area contributed by atoms with Crippen LogP contribution in [0.3, 0.4) is 0 Å². The van der Waals surface area contributed by atoms with Gasteiger partial charge in [-0.25, -0.2) is 4.98 Å². The van der Waals surface area contributed by atoms with Crippen LogP contribution in [0, 0.1) is 0 Å². The van der Waals surface area contributed by atoms with Gasteiger partial charge in [-0.05, 0) is 80.2 Å². The fourth-order valence-corrected chi connectivity index (χ4v) is 13.6. The second-order valence-corrected chi connectivity index (χ2v) is 20.3. The van der Waals surface area contributed by atoms with Crippen molar-refractivity contribution in [1.29, 1.82) is 0 Å². The van der Waals surface area contributed by atoms with E-state index in [4.69, 9.17) is 4.98 Å². The zero-order chi connectivity index (χ0) is 37.2. The van der Waals surface area contributed by atoms with Gasteiger partial charge in [-0.2, -0.15) is 0 Å². The van der Waals surface area contributed by atoms with Gasteiger partial charge in [0.15, 0.2) is 0 Å². The van der Waals surface area contributed by atoms with E-state index in [9.17, 15) is 0 Å². The lowest BCUT2D eigenvalue weighted by Crippen LogP contribution is -2.63. The number of para-hydroxylation sites is 6. The van der Waals surface area contributed by atoms with Gasteiger partial charge in [-0.3, -0.25) is 4.57 Å². The van der Waals surface area contributed by atoms with Gasteiger partial charge in [0.2, 0.25) is 0 Å². The van der Waals surface area contributed by atoms with Crippen molar-refractivity contribution in [1.82, 2.24) is 14.1 Å². The van der Waals surface area contributed by atoms with E-state index in [0.717, 1.165) is 28.1 Å². The van der Waals surface area contributed by atoms with E-state index in [2.05, 4.69) is 210 Å². The maximum atomic E-state index is 5.14. The first-order valence-corrected chi connectivity index (χ1v) is 22.6. The molecule has 0 saturated heterocycles. The van der Waals surface area contributed by atoms with Crippen molar-refractivity contribution in [3.8, 4) is 33.9 Å². The van der Waals surface area contributed by atoms with Crippen LogP contribution in [0.4, 0.5) is 0 Å². The summed E-state index contributed by atoms with van der Waals surface area (Å²) < 4.78 is 4.80. The summed E-state index contributed by atoms with van der Waals surface area (Å²) in [6, 6.07) is 69.8. The fourth-order valence-electron chi connectivity index (χ4n) is 10.4. The monoisotopic (exact) mass is 731 g/mol. The molecule has 4 heteroatoms. The van der Waals surface area contributed by atoms with Gasteiger partial charge in [-0.15, -0.1) is 0 Å². The number of imidazole rings is 1. The van der Waals surface area contributed by atoms with E-state index in [1.165, 1.54) is 71.2 Å². The molecule has 264 valence electrons. The molecule has 8 aromatic carbocycles. The predicted octanol–water partition coefficient (Wildman–Crippen LogP) is 11.3. The average Bonchev–Trinajstić information content (AvgIpc) is 3.82. The Bertz CT molecular complexity index is 3220. The van der Waals surface area contributed by atoms with Crippen molar-refractivity contribution >= 4 is 51.3 Å². The molecule has 0 bridgehead atoms. The van der Waals surface area contributed by atoms with E-state index in [-0.39, 0.29) is 0 Å². The van der Waals surface area contributed by atoms with Crippen LogP contribution in [0.5, 0.6) is 0 Å². The summed E-state index contributed by atoms with van der Waals surface area (Å²) in [4.78, 5) is 5.14. The highest BCUT2D eigenvalue weighted by molar-refractivity contribution is 7.01. The molecule has 12 rings (SSSR count). The molecule has 1 atom stereocenters. The molecular weight excluding hydrogens is 695 g/mol. The van der Waals surface area contributed by atoms with Crippen LogP contribution in [-0.2, 0) is 5.41 Å². The molecular formula is C52H37N3Si. The van der Waals surface area contributed by atoms with E-state index in [0.29, 0.717) is 0 Å². The number of nitrogens with zero attached hydrogens (tertiary/aromatic N) is 3. The van der Waals surface area contributed by atoms with Crippen molar-refractivity contribution in [3.63, 3.8) is 0 Å². The number of fused-ring (bicyclic) bond motifs is 12. The summed E-state index contributed by atoms with van der Waals surface area (Å²) in [5, 5.41) is 5.62. The number of hydrogen-bond donors (Lipinski definition) is 0. The zero-order valence-corrected chi connectivity index (χ0v) is 32.2. The van der Waals surface area contributed by atoms with Crippen molar-refractivity contribution < 1.29 is 0 Å². The first-order valence-electron chi connectivity index (χ1n) is 19.6. The Kier molecular flexibility index (Phi) is 6.42. The molecule has 2 aliphatic rings. The Morgan fingerprint density at radius 1 is 0.446 bits per heavy atom. The van der Waals surface area contributed by atoms with Crippen LogP contribution < -0.4 is 10.4 Å². The molecule has 0 amide bonds. The van der Waals surface area contributed by atoms with Crippen LogP contribution in [0.15, 0.2) is 188 Å². The molecule has 10 aromatic rings. The van der Waals surface area contributed by atoms with Crippen LogP contribution in [0.1, 0.15) is 22.3 Å². The summed E-state index contributed by atoms with van der Waals surface area (Å²) in [5.41, 5.74) is 15.7. The van der Waals surface area contributed by atoms with Crippen LogP contribution in [0.2, 0.25) is 13.1 Å². The first kappa shape index (κ1) is 31.6. The lowest BCUT2D eigenvalue weighted by Gasteiger charge is -2.49. The minimum Gasteiger partial charge on any atom is -0.309 e. The Labute approximate surface area is 326 Å². The number of benzene rings is 8. The molecule has 1 spiro atoms. The second-order valence-electron chi connectivity index (χ2n) is 15.9. The van der Waals surface area contributed by atoms with E-state index in [1.807, 2.05) is 0 Å². The summed E-state index contributed by atoms with van der Waals surface area (Å²) >= 11 is 0. The maximum absolute atomic E-state index is 5.14. The third-order valence-electron chi connectivity index (χ3n) is 12.8. The molecule has 56 heavy (non-hydrogen) atoms. The Hall–Kier alpha value is -6.75. The van der Waals surface area contributed by atoms with Crippen molar-refractivity contribution in [2.75, 3.05) is 0 Å². The molecule has 2 aliphatic heterocycles. The topological polar surface area (TPSA) is 22.8 Å². The van der Waals surface area contributed by atoms with E-state index in [1.54, 1.807) is 0 Å². The summed E-state index contributed by atoms with van der Waals surface area (Å²) in [7, 11) is -2.18. The molecule has 4 heterocycles. The van der Waals surface area contributed by atoms with Gasteiger partial charge in [0, 0.05) is 22.0 Å². The third kappa shape index (κ3) is 4.04. The van der Waals surface area contributed by atoms with Crippen molar-refractivity contribution in [3.05, 3.63) is 210 Å². The number of rotatable bonds is 3. The lowest BCUT2D eigenvalue weighted by molar-refractivity contribution is 0.732. The molecule has 0 radical (unpaired) electrons. The van der Waals surface area contributed by atoms with E-state index >= 15 is 0 Å². The fraction of sp³-hybridized carbons (Fsp3) is 0.0577. The Morgan fingerprint density at radius 3 is 1.93 bits per heavy atom. The molecule has 0 saturated carbocycles. The van der Waals surface area contributed by atoms with Crippen LogP contribution >= 0.6 is 0 Å². The number of aromatic nitrogens is 3. The molecule has 3 nitrogen and oxygen atoms in total. The maximum Gasteiger partial charge on any atom is 0.145 e. The van der Waals surface area contributed by atoms with Crippen molar-refractivity contribution in [2.24, 2.45) is 0 Å². The summed E-state index contributed by atoms with van der Waals surface area (Å²) in [6.45, 7) is 5.09. The molecule has 0 aliphatic carbocycles. The minimum atomic E-state index is -2.18. The normalized spacial score (nSPS) is 16.2. The lowest BCUT2D eigenvalue weighted by atomic mass is 9.62. The molecule has 1 unspecified atom stereocenters. The molecule has 0 N–H and O–H groups in total. The summed E-state index contributed by atoms with van der Waals surface area (Å²) in [5.74, 6) is 0.948. The Morgan fingerprint density at radius 2 is 1.07 bits per heavy atom. The highest BCUT2D eigenvalue weighted by Crippen LogP contribution is 2.55. The largest absolute Gasteiger partial charge is 0.309 e. The van der Waals surface area contributed by atoms with Gasteiger partial charge in [0.05, 0.1) is 33.2 Å². The first-order chi connectivity index (χ1) is 27.5. The van der Waals surface area contributed by atoms with Gasteiger partial charge < -0.3 is 4.57 Å². The zero-order valence-electron chi connectivity index (χ0n) is 31.2. The highest BCUT2D eigenvalue weighted by atomic mass is 28.3. The summed E-state index contributed by atoms with van der Waals surface area (Å²) in [6.07, 6.45) is 0. The predicted molar refractivity (Wildman–Crippen MR) is 235 cm³/mol. The number of hydrogen-bond acceptors (Lipinski definition) is 1. The average molecular weight is 732 g/mol. The molecule has 0 fully saturated rings. The van der Waals surface area contributed by atoms with Gasteiger partial charge in [-0.1, -0.05) is 165 Å². The Balaban J connectivity index is 1.08. The van der Waals surface area contributed by atoms with E-state index < -0.39 is 13.5 Å². The highest BCUT2D eigenvalue weighted by Gasteiger charge is 2.53. The SMILES string of the molecule is C[Si]1(C)c2ccccc2C2(c3ccccc3-n3c4ccccc4c4cccc2c43)c2ccc(-c3ccc(-c4nc5ccccc5n4-c4ccccc4)cc3)cc21. The van der Waals surface area contributed by atoms with Crippen molar-refractivity contribution in [2.45, 2.75) is 18.5 Å². The van der Waals surface area contributed by atoms with Gasteiger partial charge >= 0.3 is 0 Å². The standard InChI is InChI=1S/C52H37N3Si/c1-56(2)48-26-13-8-20-41(48)52(40-19-7-11-24-46(40)55-45-23-10-6-17-38(45)39-18-14-21-43(52)50(39)55)42-32-31-36(33-49(42)56)34-27-29-35(30-28-34)51-53-44-22-9-12-25-47(44)54(51)37-15-4-3-5-16-37/h3-33H,1-2H3. The van der Waals surface area contributed by atoms with Crippen LogP contribution in [-0.4, -0.2) is 22.2 Å². The van der Waals surface area contributed by atoms with Crippen LogP contribution in [0.25, 0.3) is 66.7 Å². The quantitative estimate of drug-likeness (QED) is 0.166.